The van der Waals surface area contributed by atoms with E-state index in [0.717, 1.165) is 31.4 Å². The van der Waals surface area contributed by atoms with E-state index in [0.29, 0.717) is 12.8 Å². The standard InChI is InChI=1S/C13H20FN/c14-13(9-5-2-6-10-15)11-12-7-3-1-4-8-12/h1,3-4,7-8,13H,2,5-6,9-11,15H2. The van der Waals surface area contributed by atoms with Crippen LogP contribution in [-0.2, 0) is 6.42 Å². The van der Waals surface area contributed by atoms with Crippen LogP contribution in [0.25, 0.3) is 0 Å². The second-order valence-corrected chi connectivity index (χ2v) is 3.93. The molecule has 2 heteroatoms. The Bertz CT molecular complexity index is 248. The Hall–Kier alpha value is -0.890. The number of rotatable bonds is 7. The highest BCUT2D eigenvalue weighted by molar-refractivity contribution is 5.15. The first kappa shape index (κ1) is 12.2. The predicted octanol–water partition coefficient (Wildman–Crippen LogP) is 3.09. The Morgan fingerprint density at radius 3 is 2.47 bits per heavy atom. The molecule has 0 saturated carbocycles. The van der Waals surface area contributed by atoms with E-state index in [1.54, 1.807) is 0 Å². The number of hydrogen-bond donors (Lipinski definition) is 1. The summed E-state index contributed by atoms with van der Waals surface area (Å²) in [6, 6.07) is 9.82. The van der Waals surface area contributed by atoms with Crippen LogP contribution in [0.1, 0.15) is 31.2 Å². The third kappa shape index (κ3) is 5.53. The normalized spacial score (nSPS) is 12.7. The van der Waals surface area contributed by atoms with Crippen molar-refractivity contribution in [2.24, 2.45) is 5.73 Å². The first-order chi connectivity index (χ1) is 7.33. The maximum absolute atomic E-state index is 13.5. The first-order valence-electron chi connectivity index (χ1n) is 5.71. The van der Waals surface area contributed by atoms with Crippen LogP contribution in [-0.4, -0.2) is 12.7 Å². The van der Waals surface area contributed by atoms with Crippen LogP contribution < -0.4 is 5.73 Å². The predicted molar refractivity (Wildman–Crippen MR) is 62.6 cm³/mol. The molecule has 84 valence electrons. The van der Waals surface area contributed by atoms with Gasteiger partial charge in [0.05, 0.1) is 0 Å². The number of hydrogen-bond acceptors (Lipinski definition) is 1. The molecule has 0 fully saturated rings. The van der Waals surface area contributed by atoms with Crippen LogP contribution in [0.2, 0.25) is 0 Å². The Morgan fingerprint density at radius 2 is 1.80 bits per heavy atom. The minimum Gasteiger partial charge on any atom is -0.330 e. The summed E-state index contributed by atoms with van der Waals surface area (Å²) < 4.78 is 13.5. The molecule has 0 aliphatic rings. The number of unbranched alkanes of at least 4 members (excludes halogenated alkanes) is 2. The molecule has 0 heterocycles. The van der Waals surface area contributed by atoms with Gasteiger partial charge in [0.25, 0.3) is 0 Å². The van der Waals surface area contributed by atoms with E-state index in [1.807, 2.05) is 30.3 Å². The van der Waals surface area contributed by atoms with Crippen LogP contribution >= 0.6 is 0 Å². The molecule has 1 nitrogen and oxygen atoms in total. The van der Waals surface area contributed by atoms with Gasteiger partial charge in [0, 0.05) is 6.42 Å². The molecule has 0 saturated heterocycles. The van der Waals surface area contributed by atoms with E-state index in [4.69, 9.17) is 5.73 Å². The van der Waals surface area contributed by atoms with Gasteiger partial charge in [-0.2, -0.15) is 0 Å². The van der Waals surface area contributed by atoms with E-state index in [1.165, 1.54) is 0 Å². The summed E-state index contributed by atoms with van der Waals surface area (Å²) in [5.74, 6) is 0. The van der Waals surface area contributed by atoms with Gasteiger partial charge in [-0.1, -0.05) is 43.2 Å². The van der Waals surface area contributed by atoms with Crippen molar-refractivity contribution < 1.29 is 4.39 Å². The van der Waals surface area contributed by atoms with Gasteiger partial charge in [0.1, 0.15) is 6.17 Å². The SMILES string of the molecule is NCCCCCC(F)Cc1ccccc1. The number of alkyl halides is 1. The molecule has 0 aliphatic heterocycles. The molecule has 0 aromatic heterocycles. The lowest BCUT2D eigenvalue weighted by Crippen LogP contribution is -2.05. The number of nitrogens with two attached hydrogens (primary N) is 1. The van der Waals surface area contributed by atoms with Gasteiger partial charge in [-0.15, -0.1) is 0 Å². The van der Waals surface area contributed by atoms with E-state index in [2.05, 4.69) is 0 Å². The van der Waals surface area contributed by atoms with Crippen molar-refractivity contribution in [1.82, 2.24) is 0 Å². The smallest absolute Gasteiger partial charge is 0.104 e. The van der Waals surface area contributed by atoms with Crippen LogP contribution in [0, 0.1) is 0 Å². The summed E-state index contributed by atoms with van der Waals surface area (Å²) >= 11 is 0. The summed E-state index contributed by atoms with van der Waals surface area (Å²) in [6.07, 6.45) is 3.51. The van der Waals surface area contributed by atoms with Crippen molar-refractivity contribution in [2.45, 2.75) is 38.3 Å². The van der Waals surface area contributed by atoms with Crippen molar-refractivity contribution in [3.8, 4) is 0 Å². The molecule has 2 N–H and O–H groups in total. The fraction of sp³-hybridized carbons (Fsp3) is 0.538. The van der Waals surface area contributed by atoms with E-state index in [-0.39, 0.29) is 0 Å². The minimum absolute atomic E-state index is 0.545. The number of benzene rings is 1. The van der Waals surface area contributed by atoms with Crippen molar-refractivity contribution in [3.05, 3.63) is 35.9 Å². The van der Waals surface area contributed by atoms with Crippen molar-refractivity contribution >= 4 is 0 Å². The molecule has 0 spiro atoms. The highest BCUT2D eigenvalue weighted by Crippen LogP contribution is 2.12. The zero-order chi connectivity index (χ0) is 10.9. The van der Waals surface area contributed by atoms with Crippen LogP contribution in [0.5, 0.6) is 0 Å². The van der Waals surface area contributed by atoms with Gasteiger partial charge < -0.3 is 5.73 Å². The quantitative estimate of drug-likeness (QED) is 0.686. The van der Waals surface area contributed by atoms with Crippen molar-refractivity contribution in [2.75, 3.05) is 6.54 Å². The molecule has 1 aromatic rings. The van der Waals surface area contributed by atoms with Crippen LogP contribution in [0.3, 0.4) is 0 Å². The molecule has 1 rings (SSSR count). The van der Waals surface area contributed by atoms with Crippen LogP contribution in [0.15, 0.2) is 30.3 Å². The Kier molecular flexibility index (Phi) is 6.02. The molecule has 1 atom stereocenters. The van der Waals surface area contributed by atoms with Gasteiger partial charge in [-0.05, 0) is 24.9 Å². The Labute approximate surface area is 91.5 Å². The van der Waals surface area contributed by atoms with E-state index < -0.39 is 6.17 Å². The van der Waals surface area contributed by atoms with Gasteiger partial charge in [-0.3, -0.25) is 0 Å². The van der Waals surface area contributed by atoms with Crippen LogP contribution in [0.4, 0.5) is 4.39 Å². The summed E-state index contributed by atoms with van der Waals surface area (Å²) in [7, 11) is 0. The summed E-state index contributed by atoms with van der Waals surface area (Å²) in [4.78, 5) is 0. The zero-order valence-electron chi connectivity index (χ0n) is 9.16. The number of halogens is 1. The first-order valence-corrected chi connectivity index (χ1v) is 5.71. The molecule has 0 bridgehead atoms. The highest BCUT2D eigenvalue weighted by atomic mass is 19.1. The largest absolute Gasteiger partial charge is 0.330 e. The molecule has 15 heavy (non-hydrogen) atoms. The average Bonchev–Trinajstić information content (AvgIpc) is 2.26. The van der Waals surface area contributed by atoms with Gasteiger partial charge >= 0.3 is 0 Å². The molecule has 1 aromatic carbocycles. The second-order valence-electron chi connectivity index (χ2n) is 3.93. The van der Waals surface area contributed by atoms with Gasteiger partial charge in [0.15, 0.2) is 0 Å². The monoisotopic (exact) mass is 209 g/mol. The zero-order valence-corrected chi connectivity index (χ0v) is 9.16. The van der Waals surface area contributed by atoms with E-state index >= 15 is 0 Å². The highest BCUT2D eigenvalue weighted by Gasteiger charge is 2.06. The second kappa shape index (κ2) is 7.41. The molecule has 0 aliphatic carbocycles. The Morgan fingerprint density at radius 1 is 1.07 bits per heavy atom. The molecule has 0 amide bonds. The average molecular weight is 209 g/mol. The lowest BCUT2D eigenvalue weighted by molar-refractivity contribution is 0.303. The topological polar surface area (TPSA) is 26.0 Å². The minimum atomic E-state index is -0.704. The molecular formula is C13H20FN. The molecular weight excluding hydrogens is 189 g/mol. The van der Waals surface area contributed by atoms with Gasteiger partial charge in [0.2, 0.25) is 0 Å². The van der Waals surface area contributed by atoms with E-state index in [9.17, 15) is 4.39 Å². The summed E-state index contributed by atoms with van der Waals surface area (Å²) in [5, 5.41) is 0. The maximum Gasteiger partial charge on any atom is 0.104 e. The fourth-order valence-electron chi connectivity index (χ4n) is 1.66. The van der Waals surface area contributed by atoms with Crippen molar-refractivity contribution in [3.63, 3.8) is 0 Å². The maximum atomic E-state index is 13.5. The van der Waals surface area contributed by atoms with Crippen molar-refractivity contribution in [1.29, 1.82) is 0 Å². The molecule has 0 radical (unpaired) electrons. The van der Waals surface area contributed by atoms with Gasteiger partial charge in [-0.25, -0.2) is 4.39 Å². The summed E-state index contributed by atoms with van der Waals surface area (Å²) in [5.41, 5.74) is 6.46. The third-order valence-electron chi connectivity index (χ3n) is 2.52. The lowest BCUT2D eigenvalue weighted by atomic mass is 10.0. The molecule has 1 unspecified atom stereocenters. The third-order valence-corrected chi connectivity index (χ3v) is 2.52. The fourth-order valence-corrected chi connectivity index (χ4v) is 1.66. The Balaban J connectivity index is 2.16. The lowest BCUT2D eigenvalue weighted by Gasteiger charge is -2.07. The summed E-state index contributed by atoms with van der Waals surface area (Å²) in [6.45, 7) is 0.718.